The van der Waals surface area contributed by atoms with Gasteiger partial charge >= 0.3 is 5.97 Å². The predicted octanol–water partition coefficient (Wildman–Crippen LogP) is -1.03. The van der Waals surface area contributed by atoms with Gasteiger partial charge in [0.25, 0.3) is 0 Å². The van der Waals surface area contributed by atoms with E-state index in [1.54, 1.807) is 6.20 Å². The number of carboxylic acids is 1. The third-order valence-electron chi connectivity index (χ3n) is 4.89. The maximum Gasteiger partial charge on any atom is 0.322 e. The van der Waals surface area contributed by atoms with Gasteiger partial charge in [0.05, 0.1) is 12.6 Å². The summed E-state index contributed by atoms with van der Waals surface area (Å²) in [7, 11) is 0. The lowest BCUT2D eigenvalue weighted by atomic mass is 10.0. The van der Waals surface area contributed by atoms with E-state index in [-0.39, 0.29) is 6.42 Å². The fraction of sp³-hybridized carbons (Fsp3) is 0.429. The first kappa shape index (κ1) is 24.8. The van der Waals surface area contributed by atoms with Crippen molar-refractivity contribution >= 4 is 34.6 Å². The number of hydrogen-bond donors (Lipinski definition) is 7. The molecule has 2 unspecified atom stereocenters. The van der Waals surface area contributed by atoms with Crippen LogP contribution in [0.15, 0.2) is 30.5 Å². The Morgan fingerprint density at radius 1 is 1.03 bits per heavy atom. The lowest BCUT2D eigenvalue weighted by Crippen LogP contribution is -2.53. The van der Waals surface area contributed by atoms with Gasteiger partial charge in [-0.05, 0) is 43.9 Å². The van der Waals surface area contributed by atoms with Crippen LogP contribution in [0.3, 0.4) is 0 Å². The largest absolute Gasteiger partial charge is 0.480 e. The molecule has 11 nitrogen and oxygen atoms in total. The van der Waals surface area contributed by atoms with E-state index in [1.165, 1.54) is 0 Å². The molecule has 0 aliphatic heterocycles. The minimum Gasteiger partial charge on any atom is -0.480 e. The van der Waals surface area contributed by atoms with E-state index in [0.29, 0.717) is 25.8 Å². The van der Waals surface area contributed by atoms with Gasteiger partial charge in [-0.1, -0.05) is 18.2 Å². The molecule has 174 valence electrons. The van der Waals surface area contributed by atoms with Crippen LogP contribution in [0.25, 0.3) is 10.9 Å². The average molecular weight is 447 g/mol. The molecule has 2 atom stereocenters. The summed E-state index contributed by atoms with van der Waals surface area (Å²) in [5.74, 6) is -2.89. The van der Waals surface area contributed by atoms with E-state index in [9.17, 15) is 19.2 Å². The summed E-state index contributed by atoms with van der Waals surface area (Å²) >= 11 is 0. The summed E-state index contributed by atoms with van der Waals surface area (Å²) in [6.07, 6.45) is 3.67. The monoisotopic (exact) mass is 446 g/mol. The molecule has 9 N–H and O–H groups in total. The number of carbonyl (C=O) groups is 4. The van der Waals surface area contributed by atoms with Crippen molar-refractivity contribution in [1.29, 1.82) is 0 Å². The summed E-state index contributed by atoms with van der Waals surface area (Å²) < 4.78 is 0. The Bertz CT molecular complexity index is 944. The van der Waals surface area contributed by atoms with E-state index >= 15 is 0 Å². The lowest BCUT2D eigenvalue weighted by molar-refractivity contribution is -0.138. The van der Waals surface area contributed by atoms with Gasteiger partial charge in [-0.25, -0.2) is 0 Å². The van der Waals surface area contributed by atoms with Crippen LogP contribution < -0.4 is 27.4 Å². The van der Waals surface area contributed by atoms with E-state index in [4.69, 9.17) is 16.6 Å². The zero-order valence-corrected chi connectivity index (χ0v) is 17.7. The highest BCUT2D eigenvalue weighted by atomic mass is 16.4. The minimum atomic E-state index is -1.19. The number of rotatable bonds is 13. The van der Waals surface area contributed by atoms with Crippen molar-refractivity contribution in [3.63, 3.8) is 0 Å². The number of nitrogens with two attached hydrogens (primary N) is 2. The molecule has 0 saturated carbocycles. The molecule has 0 spiro atoms. The lowest BCUT2D eigenvalue weighted by Gasteiger charge is -2.20. The van der Waals surface area contributed by atoms with Crippen molar-refractivity contribution in [1.82, 2.24) is 20.9 Å². The topological polar surface area (TPSA) is 192 Å². The first-order valence-electron chi connectivity index (χ1n) is 10.4. The number of nitrogens with one attached hydrogen (secondary N) is 4. The van der Waals surface area contributed by atoms with E-state index in [0.717, 1.165) is 16.5 Å². The highest BCUT2D eigenvalue weighted by molar-refractivity contribution is 5.92. The fourth-order valence-corrected chi connectivity index (χ4v) is 3.20. The zero-order valence-electron chi connectivity index (χ0n) is 17.7. The summed E-state index contributed by atoms with van der Waals surface area (Å²) in [5, 5.41) is 16.8. The maximum absolute atomic E-state index is 12.7. The Kier molecular flexibility index (Phi) is 9.64. The number of para-hydroxylation sites is 1. The molecule has 32 heavy (non-hydrogen) atoms. The summed E-state index contributed by atoms with van der Waals surface area (Å²) in [5.41, 5.74) is 13.4. The molecule has 1 heterocycles. The van der Waals surface area contributed by atoms with Crippen LogP contribution in [-0.2, 0) is 25.6 Å². The van der Waals surface area contributed by atoms with Gasteiger partial charge in [0.15, 0.2) is 0 Å². The molecule has 1 aromatic heterocycles. The molecule has 0 radical (unpaired) electrons. The normalized spacial score (nSPS) is 12.7. The van der Waals surface area contributed by atoms with Crippen LogP contribution in [0.2, 0.25) is 0 Å². The van der Waals surface area contributed by atoms with E-state index in [1.807, 2.05) is 24.3 Å². The Morgan fingerprint density at radius 3 is 2.50 bits per heavy atom. The Balaban J connectivity index is 1.94. The number of fused-ring (bicyclic) bond motifs is 1. The molecular formula is C21H30N6O5. The number of H-pyrrole nitrogens is 1. The van der Waals surface area contributed by atoms with Gasteiger partial charge < -0.3 is 37.5 Å². The number of aromatic nitrogens is 1. The molecule has 0 aliphatic carbocycles. The Morgan fingerprint density at radius 2 is 1.78 bits per heavy atom. The Hall–Kier alpha value is -3.44. The minimum absolute atomic E-state index is 0.282. The first-order chi connectivity index (χ1) is 15.3. The summed E-state index contributed by atoms with van der Waals surface area (Å²) in [6, 6.07) is 5.89. The van der Waals surface area contributed by atoms with Crippen molar-refractivity contribution in [3.05, 3.63) is 36.0 Å². The van der Waals surface area contributed by atoms with Crippen molar-refractivity contribution in [2.75, 3.05) is 19.6 Å². The van der Waals surface area contributed by atoms with Gasteiger partial charge in [0.1, 0.15) is 12.6 Å². The first-order valence-corrected chi connectivity index (χ1v) is 10.4. The molecule has 0 aliphatic rings. The van der Waals surface area contributed by atoms with Gasteiger partial charge in [0, 0.05) is 17.1 Å². The van der Waals surface area contributed by atoms with E-state index < -0.39 is 48.9 Å². The molecular weight excluding hydrogens is 416 g/mol. The zero-order chi connectivity index (χ0) is 23.5. The molecule has 2 rings (SSSR count). The summed E-state index contributed by atoms with van der Waals surface area (Å²) in [6.45, 7) is -0.509. The number of benzene rings is 1. The second-order valence-electron chi connectivity index (χ2n) is 7.40. The van der Waals surface area contributed by atoms with Crippen molar-refractivity contribution < 1.29 is 24.3 Å². The number of carboxylic acid groups (broad SMARTS) is 1. The highest BCUT2D eigenvalue weighted by Crippen LogP contribution is 2.18. The van der Waals surface area contributed by atoms with Crippen LogP contribution in [0.1, 0.15) is 24.8 Å². The molecule has 11 heteroatoms. The third kappa shape index (κ3) is 7.67. The number of amides is 3. The summed E-state index contributed by atoms with van der Waals surface area (Å²) in [4.78, 5) is 50.5. The van der Waals surface area contributed by atoms with Crippen molar-refractivity contribution in [2.24, 2.45) is 11.5 Å². The maximum atomic E-state index is 12.7. The van der Waals surface area contributed by atoms with E-state index in [2.05, 4.69) is 20.9 Å². The second-order valence-corrected chi connectivity index (χ2v) is 7.40. The highest BCUT2D eigenvalue weighted by Gasteiger charge is 2.24. The van der Waals surface area contributed by atoms with Crippen LogP contribution in [0, 0.1) is 0 Å². The molecule has 2 aromatic rings. The number of aromatic amines is 1. The SMILES string of the molecule is NCCCCC(NC(=O)C(N)Cc1c[nH]c2ccccc12)C(=O)NCC(=O)NCC(=O)O. The van der Waals surface area contributed by atoms with Crippen LogP contribution >= 0.6 is 0 Å². The van der Waals surface area contributed by atoms with Gasteiger partial charge in [-0.15, -0.1) is 0 Å². The van der Waals surface area contributed by atoms with Gasteiger partial charge in [0.2, 0.25) is 17.7 Å². The number of aliphatic carboxylic acids is 1. The molecule has 1 aromatic carbocycles. The van der Waals surface area contributed by atoms with Crippen LogP contribution in [-0.4, -0.2) is 65.5 Å². The number of hydrogen-bond acceptors (Lipinski definition) is 6. The second kappa shape index (κ2) is 12.4. The van der Waals surface area contributed by atoms with Crippen molar-refractivity contribution in [3.8, 4) is 0 Å². The smallest absolute Gasteiger partial charge is 0.322 e. The third-order valence-corrected chi connectivity index (χ3v) is 4.89. The molecule has 3 amide bonds. The van der Waals surface area contributed by atoms with Gasteiger partial charge in [-0.3, -0.25) is 19.2 Å². The number of carbonyl (C=O) groups excluding carboxylic acids is 3. The molecule has 0 saturated heterocycles. The van der Waals surface area contributed by atoms with Crippen LogP contribution in [0.4, 0.5) is 0 Å². The van der Waals surface area contributed by atoms with Gasteiger partial charge in [-0.2, -0.15) is 0 Å². The Labute approximate surface area is 185 Å². The molecule has 0 bridgehead atoms. The van der Waals surface area contributed by atoms with Crippen molar-refractivity contribution in [2.45, 2.75) is 37.8 Å². The fourth-order valence-electron chi connectivity index (χ4n) is 3.20. The number of unbranched alkanes of at least 4 members (excludes halogenated alkanes) is 1. The van der Waals surface area contributed by atoms with Crippen LogP contribution in [0.5, 0.6) is 0 Å². The predicted molar refractivity (Wildman–Crippen MR) is 118 cm³/mol. The quantitative estimate of drug-likeness (QED) is 0.191. The standard InChI is InChI=1S/C21H30N6O5/c22-8-4-3-7-17(21(32)26-11-18(28)25-12-19(29)30)27-20(31)15(23)9-13-10-24-16-6-2-1-5-14(13)16/h1-2,5-6,10,15,17,24H,3-4,7-9,11-12,22-23H2,(H,25,28)(H,26,32)(H,27,31)(H,29,30). The average Bonchev–Trinajstić information content (AvgIpc) is 3.18. The molecule has 0 fully saturated rings.